The maximum atomic E-state index is 12.5. The predicted octanol–water partition coefficient (Wildman–Crippen LogP) is 3.72. The molecule has 0 aromatic heterocycles. The minimum Gasteiger partial charge on any atom is -0.489 e. The summed E-state index contributed by atoms with van der Waals surface area (Å²) in [6.07, 6.45) is -0.649. The summed E-state index contributed by atoms with van der Waals surface area (Å²) in [4.78, 5) is 37.2. The van der Waals surface area contributed by atoms with Crippen LogP contribution in [0.2, 0.25) is 0 Å². The zero-order chi connectivity index (χ0) is 27.4. The molecule has 2 N–H and O–H groups in total. The van der Waals surface area contributed by atoms with Gasteiger partial charge in [-0.25, -0.2) is 14.4 Å². The van der Waals surface area contributed by atoms with Crippen molar-refractivity contribution in [1.82, 2.24) is 10.6 Å². The molecule has 0 spiro atoms. The summed E-state index contributed by atoms with van der Waals surface area (Å²) in [5.74, 6) is -0.698. The Morgan fingerprint density at radius 1 is 0.919 bits per heavy atom. The number of esters is 2. The largest absolute Gasteiger partial charge is 0.489 e. The van der Waals surface area contributed by atoms with Crippen LogP contribution < -0.4 is 15.4 Å². The summed E-state index contributed by atoms with van der Waals surface area (Å²) in [6, 6.07) is 14.8. The van der Waals surface area contributed by atoms with Crippen molar-refractivity contribution >= 4 is 35.2 Å². The van der Waals surface area contributed by atoms with Crippen molar-refractivity contribution in [2.45, 2.75) is 58.4 Å². The van der Waals surface area contributed by atoms with Crippen molar-refractivity contribution < 1.29 is 33.3 Å². The van der Waals surface area contributed by atoms with Gasteiger partial charge in [0.25, 0.3) is 0 Å². The second-order valence-electron chi connectivity index (χ2n) is 9.04. The summed E-state index contributed by atoms with van der Waals surface area (Å²) in [7, 11) is 1.25. The molecule has 2 aromatic carbocycles. The van der Waals surface area contributed by atoms with Gasteiger partial charge in [-0.2, -0.15) is 0 Å². The zero-order valence-corrected chi connectivity index (χ0v) is 22.6. The van der Waals surface area contributed by atoms with Crippen LogP contribution in [-0.2, 0) is 36.8 Å². The first-order valence-electron chi connectivity index (χ1n) is 11.8. The van der Waals surface area contributed by atoms with E-state index in [9.17, 15) is 14.4 Å². The fourth-order valence-electron chi connectivity index (χ4n) is 3.17. The lowest BCUT2D eigenvalue weighted by Crippen LogP contribution is -2.55. The van der Waals surface area contributed by atoms with Gasteiger partial charge in [0.05, 0.1) is 13.7 Å². The minimum absolute atomic E-state index is 0.0765. The highest BCUT2D eigenvalue weighted by Gasteiger charge is 2.32. The van der Waals surface area contributed by atoms with E-state index in [2.05, 4.69) is 10.6 Å². The molecule has 0 aliphatic rings. The van der Waals surface area contributed by atoms with Crippen LogP contribution in [0.4, 0.5) is 4.79 Å². The fraction of sp³-hybridized carbons (Fsp3) is 0.407. The van der Waals surface area contributed by atoms with Crippen molar-refractivity contribution in [2.75, 3.05) is 13.7 Å². The first kappa shape index (κ1) is 29.6. The molecule has 200 valence electrons. The second-order valence-corrected chi connectivity index (χ2v) is 9.48. The molecule has 0 aliphatic heterocycles. The monoisotopic (exact) mass is 530 g/mol. The van der Waals surface area contributed by atoms with Gasteiger partial charge in [0.15, 0.2) is 6.04 Å². The lowest BCUT2D eigenvalue weighted by atomic mass is 10.1. The van der Waals surface area contributed by atoms with E-state index < -0.39 is 35.7 Å². The second kappa shape index (κ2) is 14.2. The maximum Gasteiger partial charge on any atom is 0.408 e. The van der Waals surface area contributed by atoms with Gasteiger partial charge in [-0.05, 0) is 51.0 Å². The third kappa shape index (κ3) is 10.5. The maximum absolute atomic E-state index is 12.5. The Hall–Kier alpha value is -3.66. The van der Waals surface area contributed by atoms with Gasteiger partial charge in [-0.3, -0.25) is 0 Å². The summed E-state index contributed by atoms with van der Waals surface area (Å²) in [6.45, 7) is 7.20. The van der Waals surface area contributed by atoms with Gasteiger partial charge < -0.3 is 29.6 Å². The Labute approximate surface area is 222 Å². The highest BCUT2D eigenvalue weighted by molar-refractivity contribution is 7.80. The van der Waals surface area contributed by atoms with Gasteiger partial charge in [0.2, 0.25) is 0 Å². The number of thiocarbonyl (C=S) groups is 1. The molecule has 0 radical (unpaired) electrons. The van der Waals surface area contributed by atoms with Crippen molar-refractivity contribution in [3.05, 3.63) is 65.7 Å². The van der Waals surface area contributed by atoms with Crippen molar-refractivity contribution in [3.63, 3.8) is 0 Å². The Bertz CT molecular complexity index is 1050. The van der Waals surface area contributed by atoms with E-state index in [0.717, 1.165) is 11.1 Å². The van der Waals surface area contributed by atoms with Crippen molar-refractivity contribution in [2.24, 2.45) is 0 Å². The normalized spacial score (nSPS) is 12.5. The molecule has 2 aromatic rings. The molecule has 9 nitrogen and oxygen atoms in total. The van der Waals surface area contributed by atoms with E-state index in [1.807, 2.05) is 42.5 Å². The van der Waals surface area contributed by atoms with E-state index in [1.165, 1.54) is 7.11 Å². The van der Waals surface area contributed by atoms with E-state index in [4.69, 9.17) is 31.2 Å². The average molecular weight is 531 g/mol. The molecule has 1 amide bonds. The van der Waals surface area contributed by atoms with Crippen LogP contribution >= 0.6 is 12.2 Å². The number of carbonyl (C=O) groups excluding carboxylic acids is 3. The van der Waals surface area contributed by atoms with Crippen LogP contribution in [0.1, 0.15) is 38.8 Å². The van der Waals surface area contributed by atoms with Crippen molar-refractivity contribution in [3.8, 4) is 5.75 Å². The number of benzene rings is 2. The lowest BCUT2D eigenvalue weighted by Gasteiger charge is -2.25. The Balaban J connectivity index is 2.09. The third-order valence-corrected chi connectivity index (χ3v) is 5.21. The van der Waals surface area contributed by atoms with E-state index in [0.29, 0.717) is 12.4 Å². The highest BCUT2D eigenvalue weighted by atomic mass is 32.1. The first-order valence-corrected chi connectivity index (χ1v) is 12.2. The number of amides is 1. The summed E-state index contributed by atoms with van der Waals surface area (Å²) < 4.78 is 21.0. The Kier molecular flexibility index (Phi) is 11.3. The first-order chi connectivity index (χ1) is 17.5. The van der Waals surface area contributed by atoms with Crippen LogP contribution in [0.3, 0.4) is 0 Å². The third-order valence-electron chi connectivity index (χ3n) is 4.86. The molecular weight excluding hydrogens is 496 g/mol. The van der Waals surface area contributed by atoms with Crippen LogP contribution in [0.15, 0.2) is 54.6 Å². The summed E-state index contributed by atoms with van der Waals surface area (Å²) in [5, 5.41) is 5.25. The quantitative estimate of drug-likeness (QED) is 0.255. The number of nitrogens with one attached hydrogen (secondary N) is 2. The topological polar surface area (TPSA) is 112 Å². The molecule has 0 saturated carbocycles. The molecule has 0 heterocycles. The standard InChI is InChI=1S/C27H34N2O7S/c1-6-34-25(31)22(29-26(32)36-27(2,3)4)23(37)28-21(24(30)33-5)16-18-12-14-20(15-13-18)35-17-19-10-8-7-9-11-19/h7-15,21-22H,6,16-17H2,1-5H3,(H,28,37)(H,29,32)/t21-,22-/m0/s1. The molecule has 0 unspecified atom stereocenters. The van der Waals surface area contributed by atoms with Crippen LogP contribution in [0.5, 0.6) is 5.75 Å². The van der Waals surface area contributed by atoms with Gasteiger partial charge in [0.1, 0.15) is 29.0 Å². The molecule has 2 rings (SSSR count). The number of hydrogen-bond acceptors (Lipinski definition) is 8. The average Bonchev–Trinajstić information content (AvgIpc) is 2.85. The number of ether oxygens (including phenoxy) is 4. The van der Waals surface area contributed by atoms with Gasteiger partial charge >= 0.3 is 18.0 Å². The van der Waals surface area contributed by atoms with Gasteiger partial charge in [-0.1, -0.05) is 54.7 Å². The summed E-state index contributed by atoms with van der Waals surface area (Å²) >= 11 is 5.38. The van der Waals surface area contributed by atoms with Gasteiger partial charge in [-0.15, -0.1) is 0 Å². The highest BCUT2D eigenvalue weighted by Crippen LogP contribution is 2.16. The lowest BCUT2D eigenvalue weighted by molar-refractivity contribution is -0.144. The number of alkyl carbamates (subject to hydrolysis) is 1. The SMILES string of the molecule is CCOC(=O)[C@@H](NC(=O)OC(C)(C)C)C(=S)N[C@@H](Cc1ccc(OCc2ccccc2)cc1)C(=O)OC. The van der Waals surface area contributed by atoms with Gasteiger partial charge in [0, 0.05) is 6.42 Å². The number of rotatable bonds is 11. The zero-order valence-electron chi connectivity index (χ0n) is 21.7. The number of carbonyl (C=O) groups is 3. The minimum atomic E-state index is -1.36. The van der Waals surface area contributed by atoms with Crippen LogP contribution in [-0.4, -0.2) is 54.4 Å². The Morgan fingerprint density at radius 3 is 2.14 bits per heavy atom. The van der Waals surface area contributed by atoms with E-state index in [-0.39, 0.29) is 18.0 Å². The van der Waals surface area contributed by atoms with E-state index in [1.54, 1.807) is 39.8 Å². The summed E-state index contributed by atoms with van der Waals surface area (Å²) in [5.41, 5.74) is 1.06. The molecule has 0 bridgehead atoms. The number of methoxy groups -OCH3 is 1. The molecule has 0 fully saturated rings. The predicted molar refractivity (Wildman–Crippen MR) is 142 cm³/mol. The molecule has 2 atom stereocenters. The number of hydrogen-bond donors (Lipinski definition) is 2. The smallest absolute Gasteiger partial charge is 0.408 e. The molecule has 37 heavy (non-hydrogen) atoms. The molecule has 0 saturated heterocycles. The van der Waals surface area contributed by atoms with Crippen molar-refractivity contribution in [1.29, 1.82) is 0 Å². The fourth-order valence-corrected chi connectivity index (χ4v) is 3.47. The van der Waals surface area contributed by atoms with Crippen LogP contribution in [0.25, 0.3) is 0 Å². The molecule has 10 heteroatoms. The molecule has 0 aliphatic carbocycles. The van der Waals surface area contributed by atoms with Crippen LogP contribution in [0, 0.1) is 0 Å². The molecular formula is C27H34N2O7S. The van der Waals surface area contributed by atoms with E-state index >= 15 is 0 Å². The Morgan fingerprint density at radius 2 is 1.57 bits per heavy atom.